The first kappa shape index (κ1) is 16.8. The molecule has 0 aromatic heterocycles. The highest BCUT2D eigenvalue weighted by atomic mass is 16.5. The maximum absolute atomic E-state index is 10.6. The van der Waals surface area contributed by atoms with Gasteiger partial charge in [-0.2, -0.15) is 21.0 Å². The lowest BCUT2D eigenvalue weighted by molar-refractivity contribution is -0.242. The van der Waals surface area contributed by atoms with Gasteiger partial charge in [0, 0.05) is 5.69 Å². The van der Waals surface area contributed by atoms with Gasteiger partial charge in [0.15, 0.2) is 5.75 Å². The zero-order chi connectivity index (χ0) is 18.4. The fourth-order valence-corrected chi connectivity index (χ4v) is 2.00. The van der Waals surface area contributed by atoms with Gasteiger partial charge in [-0.05, 0) is 30.3 Å². The summed E-state index contributed by atoms with van der Waals surface area (Å²) in [7, 11) is 0. The van der Waals surface area contributed by atoms with E-state index in [1.807, 2.05) is 17.5 Å². The molecule has 118 valence electrons. The van der Waals surface area contributed by atoms with Gasteiger partial charge in [0.25, 0.3) is 0 Å². The topological polar surface area (TPSA) is 157 Å². The fourth-order valence-electron chi connectivity index (χ4n) is 2.00. The summed E-state index contributed by atoms with van der Waals surface area (Å²) in [4.78, 5) is 10.6. The van der Waals surface area contributed by atoms with Crippen LogP contribution in [-0.4, -0.2) is 6.09 Å². The summed E-state index contributed by atoms with van der Waals surface area (Å²) in [6.07, 6.45) is -1.60. The van der Waals surface area contributed by atoms with Crippen LogP contribution >= 0.6 is 0 Å². The molecule has 8 heteroatoms. The molecule has 0 saturated carbocycles. The third-order valence-corrected chi connectivity index (χ3v) is 2.96. The summed E-state index contributed by atoms with van der Waals surface area (Å²) >= 11 is 0. The highest BCUT2D eigenvalue weighted by Gasteiger charge is 2.15. The predicted molar refractivity (Wildman–Crippen MR) is 80.8 cm³/mol. The number of rotatable bonds is 3. The molecule has 2 rings (SSSR count). The molecule has 0 unspecified atom stereocenters. The van der Waals surface area contributed by atoms with E-state index < -0.39 is 6.09 Å². The van der Waals surface area contributed by atoms with Crippen LogP contribution in [0.5, 0.6) is 11.5 Å². The standard InChI is InChI=1S/C17H7N5O3/c18-6-10-1-11(7-19)3-15(2-10)25-16-12(8-20)4-14(22-17(23)24)5-13(16)9-21/h1-5,22H,(H,23,24)/p-1. The Kier molecular flexibility index (Phi) is 4.82. The summed E-state index contributed by atoms with van der Waals surface area (Å²) in [5.74, 6) is -0.0305. The molecular formula is C17H6N5O3-. The minimum Gasteiger partial charge on any atom is -0.530 e. The van der Waals surface area contributed by atoms with Gasteiger partial charge in [0.2, 0.25) is 0 Å². The van der Waals surface area contributed by atoms with Gasteiger partial charge in [-0.25, -0.2) is 0 Å². The summed E-state index contributed by atoms with van der Waals surface area (Å²) in [5, 5.41) is 49.0. The Bertz CT molecular complexity index is 965. The largest absolute Gasteiger partial charge is 0.530 e. The first-order valence-corrected chi connectivity index (χ1v) is 6.60. The molecule has 0 aliphatic carbocycles. The second-order valence-electron chi connectivity index (χ2n) is 4.61. The van der Waals surface area contributed by atoms with Gasteiger partial charge >= 0.3 is 0 Å². The molecule has 0 aliphatic heterocycles. The van der Waals surface area contributed by atoms with E-state index in [0.717, 1.165) is 0 Å². The molecule has 0 aliphatic rings. The van der Waals surface area contributed by atoms with Crippen LogP contribution in [0.1, 0.15) is 22.3 Å². The Morgan fingerprint density at radius 2 is 1.40 bits per heavy atom. The number of hydrogen-bond donors (Lipinski definition) is 1. The van der Waals surface area contributed by atoms with Crippen LogP contribution in [0, 0.1) is 45.3 Å². The first-order chi connectivity index (χ1) is 12.0. The number of ether oxygens (including phenoxy) is 1. The molecule has 0 bridgehead atoms. The van der Waals surface area contributed by atoms with Gasteiger partial charge < -0.3 is 20.0 Å². The Hall–Kier alpha value is -4.53. The van der Waals surface area contributed by atoms with Crippen LogP contribution in [0.4, 0.5) is 10.5 Å². The van der Waals surface area contributed by atoms with Crippen molar-refractivity contribution in [1.29, 1.82) is 21.0 Å². The Labute approximate surface area is 142 Å². The molecule has 0 saturated heterocycles. The van der Waals surface area contributed by atoms with Gasteiger partial charge in [0.1, 0.15) is 24.0 Å². The van der Waals surface area contributed by atoms with Crippen molar-refractivity contribution in [3.8, 4) is 35.8 Å². The fraction of sp³-hybridized carbons (Fsp3) is 0. The third-order valence-electron chi connectivity index (χ3n) is 2.96. The number of nitrogens with one attached hydrogen (secondary N) is 1. The molecule has 1 amide bonds. The van der Waals surface area contributed by atoms with E-state index in [1.54, 1.807) is 12.1 Å². The molecule has 0 atom stereocenters. The van der Waals surface area contributed by atoms with Crippen LogP contribution in [0.15, 0.2) is 30.3 Å². The quantitative estimate of drug-likeness (QED) is 0.898. The summed E-state index contributed by atoms with van der Waals surface area (Å²) in [5.41, 5.74) is 0.0962. The zero-order valence-electron chi connectivity index (χ0n) is 12.4. The second kappa shape index (κ2) is 7.15. The maximum Gasteiger partial charge on any atom is 0.163 e. The Balaban J connectivity index is 2.55. The lowest BCUT2D eigenvalue weighted by Gasteiger charge is -2.13. The van der Waals surface area contributed by atoms with Crippen molar-refractivity contribution < 1.29 is 14.6 Å². The molecule has 0 radical (unpaired) electrons. The van der Waals surface area contributed by atoms with Crippen molar-refractivity contribution in [3.63, 3.8) is 0 Å². The number of hydrogen-bond acceptors (Lipinski definition) is 7. The van der Waals surface area contributed by atoms with Crippen molar-refractivity contribution in [2.75, 3.05) is 5.32 Å². The highest BCUT2D eigenvalue weighted by molar-refractivity contribution is 5.82. The summed E-state index contributed by atoms with van der Waals surface area (Å²) < 4.78 is 5.53. The number of anilines is 1. The van der Waals surface area contributed by atoms with Crippen LogP contribution in [0.2, 0.25) is 0 Å². The van der Waals surface area contributed by atoms with Gasteiger partial charge in [-0.1, -0.05) is 0 Å². The van der Waals surface area contributed by atoms with E-state index in [9.17, 15) is 20.4 Å². The van der Waals surface area contributed by atoms with Crippen LogP contribution < -0.4 is 15.2 Å². The second-order valence-corrected chi connectivity index (χ2v) is 4.61. The van der Waals surface area contributed by atoms with Gasteiger partial charge in [-0.15, -0.1) is 0 Å². The van der Waals surface area contributed by atoms with Crippen molar-refractivity contribution in [2.45, 2.75) is 0 Å². The van der Waals surface area contributed by atoms with Crippen molar-refractivity contribution in [3.05, 3.63) is 52.6 Å². The van der Waals surface area contributed by atoms with Gasteiger partial charge in [-0.3, -0.25) is 0 Å². The zero-order valence-corrected chi connectivity index (χ0v) is 12.4. The van der Waals surface area contributed by atoms with Crippen molar-refractivity contribution in [2.24, 2.45) is 0 Å². The molecule has 8 nitrogen and oxygen atoms in total. The maximum atomic E-state index is 10.6. The molecule has 2 aromatic carbocycles. The monoisotopic (exact) mass is 328 g/mol. The van der Waals surface area contributed by atoms with E-state index in [4.69, 9.17) is 15.3 Å². The van der Waals surface area contributed by atoms with E-state index in [1.165, 1.54) is 30.3 Å². The number of nitriles is 4. The van der Waals surface area contributed by atoms with Crippen LogP contribution in [-0.2, 0) is 0 Å². The molecule has 25 heavy (non-hydrogen) atoms. The smallest absolute Gasteiger partial charge is 0.163 e. The number of carbonyl (C=O) groups is 1. The number of benzene rings is 2. The van der Waals surface area contributed by atoms with E-state index in [2.05, 4.69) is 0 Å². The normalized spacial score (nSPS) is 8.96. The minimum atomic E-state index is -1.60. The molecular weight excluding hydrogens is 322 g/mol. The predicted octanol–water partition coefficient (Wildman–Crippen LogP) is 1.72. The first-order valence-electron chi connectivity index (χ1n) is 6.60. The third kappa shape index (κ3) is 3.81. The van der Waals surface area contributed by atoms with Crippen molar-refractivity contribution in [1.82, 2.24) is 0 Å². The van der Waals surface area contributed by atoms with Crippen LogP contribution in [0.3, 0.4) is 0 Å². The number of nitrogens with zero attached hydrogens (tertiary/aromatic N) is 4. The number of carbonyl (C=O) groups excluding carboxylic acids is 1. The molecule has 0 fully saturated rings. The number of carboxylic acid groups (broad SMARTS) is 1. The number of amides is 1. The summed E-state index contributed by atoms with van der Waals surface area (Å²) in [6.45, 7) is 0. The molecule has 0 spiro atoms. The van der Waals surface area contributed by atoms with Gasteiger partial charge in [0.05, 0.1) is 34.4 Å². The lowest BCUT2D eigenvalue weighted by Crippen LogP contribution is -2.28. The highest BCUT2D eigenvalue weighted by Crippen LogP contribution is 2.32. The average molecular weight is 328 g/mol. The Morgan fingerprint density at radius 1 is 0.880 bits per heavy atom. The molecule has 1 N–H and O–H groups in total. The Morgan fingerprint density at radius 3 is 1.80 bits per heavy atom. The lowest BCUT2D eigenvalue weighted by atomic mass is 10.1. The van der Waals surface area contributed by atoms with E-state index >= 15 is 0 Å². The average Bonchev–Trinajstić information content (AvgIpc) is 2.61. The van der Waals surface area contributed by atoms with E-state index in [0.29, 0.717) is 0 Å². The van der Waals surface area contributed by atoms with Crippen molar-refractivity contribution >= 4 is 11.8 Å². The van der Waals surface area contributed by atoms with Crippen LogP contribution in [0.25, 0.3) is 0 Å². The van der Waals surface area contributed by atoms with E-state index in [-0.39, 0.29) is 39.4 Å². The molecule has 2 aromatic rings. The molecule has 0 heterocycles. The summed E-state index contributed by atoms with van der Waals surface area (Å²) in [6, 6.07) is 13.7. The SMILES string of the molecule is N#Cc1cc(C#N)cc(Oc2c(C#N)cc(NC(=O)[O-])cc2C#N)c1. The minimum absolute atomic E-state index is 0.0241.